The molecule has 0 fully saturated rings. The Morgan fingerprint density at radius 1 is 1.11 bits per heavy atom. The predicted molar refractivity (Wildman–Crippen MR) is 112 cm³/mol. The van der Waals surface area contributed by atoms with E-state index < -0.39 is 0 Å². The standard InChI is InChI=1S/C21H23ClN4O2/c1-21(2,3)18-12-19(24-20(28)23-16-9-7-15(22)8-10-16)26(25-18)17-6-4-5-14(11-17)13-27/h4-12,27H,13H2,1-3H3,(H2,23,24,28). The van der Waals surface area contributed by atoms with Gasteiger partial charge in [0.15, 0.2) is 0 Å². The third kappa shape index (κ3) is 4.71. The van der Waals surface area contributed by atoms with Crippen LogP contribution in [0, 0.1) is 0 Å². The summed E-state index contributed by atoms with van der Waals surface area (Å²) in [5.74, 6) is 0.534. The number of benzene rings is 2. The van der Waals surface area contributed by atoms with Crippen LogP contribution in [0.3, 0.4) is 0 Å². The number of aliphatic hydroxyl groups excluding tert-OH is 1. The Morgan fingerprint density at radius 3 is 2.46 bits per heavy atom. The molecule has 146 valence electrons. The molecule has 28 heavy (non-hydrogen) atoms. The Hall–Kier alpha value is -2.83. The topological polar surface area (TPSA) is 79.2 Å². The van der Waals surface area contributed by atoms with Crippen molar-refractivity contribution in [1.82, 2.24) is 9.78 Å². The number of carbonyl (C=O) groups is 1. The summed E-state index contributed by atoms with van der Waals surface area (Å²) in [5.41, 5.74) is 2.80. The fourth-order valence-electron chi connectivity index (χ4n) is 2.63. The van der Waals surface area contributed by atoms with Gasteiger partial charge in [0.25, 0.3) is 0 Å². The summed E-state index contributed by atoms with van der Waals surface area (Å²) < 4.78 is 1.67. The van der Waals surface area contributed by atoms with E-state index in [9.17, 15) is 9.90 Å². The molecule has 0 radical (unpaired) electrons. The molecule has 0 aliphatic carbocycles. The molecule has 0 atom stereocenters. The van der Waals surface area contributed by atoms with Gasteiger partial charge in [-0.25, -0.2) is 9.48 Å². The van der Waals surface area contributed by atoms with Crippen molar-refractivity contribution in [2.45, 2.75) is 32.8 Å². The zero-order valence-electron chi connectivity index (χ0n) is 16.0. The predicted octanol–water partition coefficient (Wildman–Crippen LogP) is 4.96. The van der Waals surface area contributed by atoms with E-state index in [2.05, 4.69) is 36.5 Å². The smallest absolute Gasteiger partial charge is 0.324 e. The summed E-state index contributed by atoms with van der Waals surface area (Å²) in [7, 11) is 0. The number of amides is 2. The number of urea groups is 1. The molecule has 3 N–H and O–H groups in total. The van der Waals surface area contributed by atoms with E-state index in [1.807, 2.05) is 30.3 Å². The van der Waals surface area contributed by atoms with Crippen LogP contribution >= 0.6 is 11.6 Å². The van der Waals surface area contributed by atoms with Gasteiger partial charge < -0.3 is 10.4 Å². The van der Waals surface area contributed by atoms with Gasteiger partial charge in [0.1, 0.15) is 5.82 Å². The first kappa shape index (κ1) is 19.9. The monoisotopic (exact) mass is 398 g/mol. The van der Waals surface area contributed by atoms with Gasteiger partial charge in [0.05, 0.1) is 18.0 Å². The first-order chi connectivity index (χ1) is 13.3. The minimum Gasteiger partial charge on any atom is -0.392 e. The average Bonchev–Trinajstić information content (AvgIpc) is 3.08. The molecule has 7 heteroatoms. The highest BCUT2D eigenvalue weighted by Crippen LogP contribution is 2.27. The number of halogens is 1. The quantitative estimate of drug-likeness (QED) is 0.581. The highest BCUT2D eigenvalue weighted by atomic mass is 35.5. The van der Waals surface area contributed by atoms with Gasteiger partial charge in [-0.2, -0.15) is 5.10 Å². The van der Waals surface area contributed by atoms with Gasteiger partial charge in [0, 0.05) is 22.2 Å². The van der Waals surface area contributed by atoms with Gasteiger partial charge in [0.2, 0.25) is 0 Å². The van der Waals surface area contributed by atoms with Gasteiger partial charge in [-0.3, -0.25) is 5.32 Å². The first-order valence-corrected chi connectivity index (χ1v) is 9.28. The molecule has 1 aromatic heterocycles. The highest BCUT2D eigenvalue weighted by Gasteiger charge is 2.21. The number of aromatic nitrogens is 2. The fraction of sp³-hybridized carbons (Fsp3) is 0.238. The number of hydrogen-bond donors (Lipinski definition) is 3. The molecule has 1 heterocycles. The van der Waals surface area contributed by atoms with Crippen molar-refractivity contribution in [1.29, 1.82) is 0 Å². The van der Waals surface area contributed by atoms with Crippen LogP contribution in [0.25, 0.3) is 5.69 Å². The average molecular weight is 399 g/mol. The van der Waals surface area contributed by atoms with Crippen LogP contribution in [0.1, 0.15) is 32.0 Å². The molecular formula is C21H23ClN4O2. The first-order valence-electron chi connectivity index (χ1n) is 8.90. The van der Waals surface area contributed by atoms with E-state index in [1.54, 1.807) is 28.9 Å². The van der Waals surface area contributed by atoms with Crippen molar-refractivity contribution >= 4 is 29.1 Å². The number of nitrogens with zero attached hydrogens (tertiary/aromatic N) is 2. The number of anilines is 2. The summed E-state index contributed by atoms with van der Waals surface area (Å²) in [6, 6.07) is 15.7. The zero-order chi connectivity index (χ0) is 20.3. The van der Waals surface area contributed by atoms with Gasteiger partial charge >= 0.3 is 6.03 Å². The summed E-state index contributed by atoms with van der Waals surface area (Å²) in [6.07, 6.45) is 0. The van der Waals surface area contributed by atoms with Crippen LogP contribution in [0.15, 0.2) is 54.6 Å². The molecule has 0 spiro atoms. The second-order valence-corrected chi connectivity index (χ2v) is 7.93. The SMILES string of the molecule is CC(C)(C)c1cc(NC(=O)Nc2ccc(Cl)cc2)n(-c2cccc(CO)c2)n1. The second-order valence-electron chi connectivity index (χ2n) is 7.49. The molecule has 2 aromatic carbocycles. The maximum atomic E-state index is 12.5. The number of aliphatic hydroxyl groups is 1. The lowest BCUT2D eigenvalue weighted by atomic mass is 9.92. The van der Waals surface area contributed by atoms with Crippen LogP contribution in [-0.4, -0.2) is 20.9 Å². The molecule has 2 amide bonds. The highest BCUT2D eigenvalue weighted by molar-refractivity contribution is 6.30. The van der Waals surface area contributed by atoms with Gasteiger partial charge in [-0.15, -0.1) is 0 Å². The molecular weight excluding hydrogens is 376 g/mol. The Labute approximate surface area is 169 Å². The van der Waals surface area contributed by atoms with Gasteiger partial charge in [-0.1, -0.05) is 44.5 Å². The van der Waals surface area contributed by atoms with E-state index in [1.165, 1.54) is 0 Å². The molecule has 3 aromatic rings. The minimum absolute atomic E-state index is 0.0684. The summed E-state index contributed by atoms with van der Waals surface area (Å²) in [4.78, 5) is 12.5. The van der Waals surface area contributed by atoms with Gasteiger partial charge in [-0.05, 0) is 42.0 Å². The molecule has 0 aliphatic heterocycles. The largest absolute Gasteiger partial charge is 0.392 e. The molecule has 0 saturated carbocycles. The van der Waals surface area contributed by atoms with E-state index in [0.717, 1.165) is 16.9 Å². The van der Waals surface area contributed by atoms with Crippen LogP contribution in [0.2, 0.25) is 5.02 Å². The normalized spacial score (nSPS) is 11.3. The molecule has 0 saturated heterocycles. The van der Waals surface area contributed by atoms with E-state index in [4.69, 9.17) is 11.6 Å². The molecule has 0 bridgehead atoms. The van der Waals surface area contributed by atoms with Crippen molar-refractivity contribution < 1.29 is 9.90 Å². The number of carbonyl (C=O) groups excluding carboxylic acids is 1. The Morgan fingerprint density at radius 2 is 1.82 bits per heavy atom. The summed E-state index contributed by atoms with van der Waals surface area (Å²) in [5, 5.41) is 20.3. The van der Waals surface area contributed by atoms with Crippen LogP contribution in [0.5, 0.6) is 0 Å². The lowest BCUT2D eigenvalue weighted by molar-refractivity contribution is 0.262. The number of hydrogen-bond acceptors (Lipinski definition) is 3. The maximum Gasteiger partial charge on any atom is 0.324 e. The van der Waals surface area contributed by atoms with E-state index >= 15 is 0 Å². The van der Waals surface area contributed by atoms with E-state index in [0.29, 0.717) is 16.5 Å². The summed E-state index contributed by atoms with van der Waals surface area (Å²) >= 11 is 5.88. The molecule has 0 aliphatic rings. The zero-order valence-corrected chi connectivity index (χ0v) is 16.8. The van der Waals surface area contributed by atoms with Crippen LogP contribution in [-0.2, 0) is 12.0 Å². The molecule has 0 unspecified atom stereocenters. The number of nitrogens with one attached hydrogen (secondary N) is 2. The van der Waals surface area contributed by atoms with Crippen molar-refractivity contribution in [3.8, 4) is 5.69 Å². The summed E-state index contributed by atoms with van der Waals surface area (Å²) in [6.45, 7) is 6.10. The Bertz CT molecular complexity index is 975. The van der Waals surface area contributed by atoms with Crippen molar-refractivity contribution in [3.05, 3.63) is 70.9 Å². The van der Waals surface area contributed by atoms with Crippen LogP contribution in [0.4, 0.5) is 16.3 Å². The van der Waals surface area contributed by atoms with Crippen molar-refractivity contribution in [2.24, 2.45) is 0 Å². The van der Waals surface area contributed by atoms with Crippen molar-refractivity contribution in [2.75, 3.05) is 10.6 Å². The van der Waals surface area contributed by atoms with Crippen molar-refractivity contribution in [3.63, 3.8) is 0 Å². The molecule has 6 nitrogen and oxygen atoms in total. The third-order valence-electron chi connectivity index (χ3n) is 4.16. The Kier molecular flexibility index (Phi) is 5.72. The second kappa shape index (κ2) is 8.04. The van der Waals surface area contributed by atoms with Crippen LogP contribution < -0.4 is 10.6 Å². The van der Waals surface area contributed by atoms with E-state index in [-0.39, 0.29) is 18.1 Å². The molecule has 3 rings (SSSR count). The Balaban J connectivity index is 1.91. The number of rotatable bonds is 4. The lowest BCUT2D eigenvalue weighted by Crippen LogP contribution is -2.21. The lowest BCUT2D eigenvalue weighted by Gasteiger charge is -2.14. The third-order valence-corrected chi connectivity index (χ3v) is 4.41. The fourth-order valence-corrected chi connectivity index (χ4v) is 2.76. The maximum absolute atomic E-state index is 12.5. The minimum atomic E-state index is -0.387.